The molecule has 3 aromatic rings. The molecule has 0 radical (unpaired) electrons. The lowest BCUT2D eigenvalue weighted by molar-refractivity contribution is -0.192. The number of aliphatic carboxylic acids is 2. The lowest BCUT2D eigenvalue weighted by atomic mass is 9.64. The fourth-order valence-corrected chi connectivity index (χ4v) is 5.06. The fraction of sp³-hybridized carbons (Fsp3) is 0.192. The van der Waals surface area contributed by atoms with E-state index in [2.05, 4.69) is 11.4 Å². The van der Waals surface area contributed by atoms with E-state index in [1.807, 2.05) is 6.07 Å². The fourth-order valence-electron chi connectivity index (χ4n) is 4.53. The number of carboxylic acid groups (broad SMARTS) is 2. The second kappa shape index (κ2) is 11.6. The first-order chi connectivity index (χ1) is 17.8. The van der Waals surface area contributed by atoms with Gasteiger partial charge in [0.15, 0.2) is 0 Å². The van der Waals surface area contributed by atoms with Crippen molar-refractivity contribution in [2.24, 2.45) is 0 Å². The summed E-state index contributed by atoms with van der Waals surface area (Å²) in [4.78, 5) is 21.2. The maximum atomic E-state index is 12.4. The van der Waals surface area contributed by atoms with Crippen LogP contribution in [0.5, 0.6) is 0 Å². The minimum Gasteiger partial charge on any atom is -0.480 e. The monoisotopic (exact) mass is 584 g/mol. The number of rotatable bonds is 4. The van der Waals surface area contributed by atoms with Gasteiger partial charge in [0.1, 0.15) is 11.5 Å². The topological polar surface area (TPSA) is 110 Å². The summed E-state index contributed by atoms with van der Waals surface area (Å²) in [5.74, 6) is -4.53. The quantitative estimate of drug-likeness (QED) is 0.317. The second-order valence-corrected chi connectivity index (χ2v) is 9.60. The largest absolute Gasteiger partial charge is 0.490 e. The molecule has 0 aliphatic carbocycles. The lowest BCUT2D eigenvalue weighted by Gasteiger charge is -2.35. The van der Waals surface area contributed by atoms with E-state index in [4.69, 9.17) is 44.7 Å². The Morgan fingerprint density at radius 1 is 0.868 bits per heavy atom. The number of hydrogen-bond acceptors (Lipinski definition) is 4. The van der Waals surface area contributed by atoms with Crippen molar-refractivity contribution >= 4 is 46.7 Å². The summed E-state index contributed by atoms with van der Waals surface area (Å²) in [5, 5.41) is 32.6. The first-order valence-electron chi connectivity index (χ1n) is 10.8. The minimum absolute atomic E-state index is 0.468. The molecule has 12 heteroatoms. The van der Waals surface area contributed by atoms with Crippen LogP contribution in [-0.2, 0) is 15.0 Å². The summed E-state index contributed by atoms with van der Waals surface area (Å²) in [6.07, 6.45) is -5.08. The molecule has 6 nitrogen and oxygen atoms in total. The molecule has 198 valence electrons. The van der Waals surface area contributed by atoms with Crippen molar-refractivity contribution in [2.45, 2.75) is 29.6 Å². The summed E-state index contributed by atoms with van der Waals surface area (Å²) in [7, 11) is 0. The van der Waals surface area contributed by atoms with E-state index in [9.17, 15) is 28.3 Å². The number of nitriles is 1. The van der Waals surface area contributed by atoms with E-state index in [0.29, 0.717) is 26.2 Å². The van der Waals surface area contributed by atoms with Crippen molar-refractivity contribution in [2.75, 3.05) is 0 Å². The average Bonchev–Trinajstić information content (AvgIpc) is 3.21. The molecule has 0 amide bonds. The van der Waals surface area contributed by atoms with Gasteiger partial charge in [0.25, 0.3) is 0 Å². The molecule has 1 fully saturated rings. The number of carbonyl (C=O) groups is 2. The van der Waals surface area contributed by atoms with Crippen molar-refractivity contribution in [1.29, 1.82) is 5.26 Å². The molecule has 4 atom stereocenters. The Kier molecular flexibility index (Phi) is 8.95. The van der Waals surface area contributed by atoms with E-state index < -0.39 is 41.5 Å². The van der Waals surface area contributed by atoms with Gasteiger partial charge in [0.05, 0.1) is 12.1 Å². The molecule has 4 unspecified atom stereocenters. The third kappa shape index (κ3) is 6.05. The Hall–Kier alpha value is -3.29. The van der Waals surface area contributed by atoms with Gasteiger partial charge in [0.2, 0.25) is 0 Å². The van der Waals surface area contributed by atoms with E-state index in [1.165, 1.54) is 0 Å². The second-order valence-electron chi connectivity index (χ2n) is 8.29. The zero-order valence-electron chi connectivity index (χ0n) is 19.1. The molecule has 3 aromatic carbocycles. The molecule has 1 aliphatic heterocycles. The summed E-state index contributed by atoms with van der Waals surface area (Å²) in [6, 6.07) is 21.9. The van der Waals surface area contributed by atoms with Crippen molar-refractivity contribution < 1.29 is 33.0 Å². The smallest absolute Gasteiger partial charge is 0.480 e. The first kappa shape index (κ1) is 29.3. The molecule has 1 aliphatic rings. The van der Waals surface area contributed by atoms with Gasteiger partial charge >= 0.3 is 18.1 Å². The predicted octanol–water partition coefficient (Wildman–Crippen LogP) is 6.62. The third-order valence-corrected chi connectivity index (χ3v) is 6.75. The summed E-state index contributed by atoms with van der Waals surface area (Å²) >= 11 is 18.6. The van der Waals surface area contributed by atoms with Crippen LogP contribution < -0.4 is 5.32 Å². The number of nitrogens with zero attached hydrogens (tertiary/aromatic N) is 1. The molecule has 0 saturated carbocycles. The van der Waals surface area contributed by atoms with Gasteiger partial charge < -0.3 is 10.2 Å². The van der Waals surface area contributed by atoms with Crippen LogP contribution in [0.15, 0.2) is 72.8 Å². The van der Waals surface area contributed by atoms with Crippen LogP contribution in [0.2, 0.25) is 15.1 Å². The molecule has 1 saturated heterocycles. The molecule has 38 heavy (non-hydrogen) atoms. The van der Waals surface area contributed by atoms with Gasteiger partial charge in [0, 0.05) is 21.0 Å². The number of alkyl halides is 3. The Labute approximate surface area is 230 Å². The summed E-state index contributed by atoms with van der Waals surface area (Å²) in [5.41, 5.74) is 0.780. The normalized spacial score (nSPS) is 22.6. The van der Waals surface area contributed by atoms with Crippen LogP contribution in [0, 0.1) is 11.3 Å². The van der Waals surface area contributed by atoms with E-state index in [-0.39, 0.29) is 0 Å². The average molecular weight is 586 g/mol. The number of benzene rings is 3. The summed E-state index contributed by atoms with van der Waals surface area (Å²) in [6.45, 7) is 0. The molecule has 3 N–H and O–H groups in total. The number of carboxylic acids is 2. The third-order valence-electron chi connectivity index (χ3n) is 6.03. The molecule has 0 aromatic heterocycles. The van der Waals surface area contributed by atoms with Crippen LogP contribution in [0.25, 0.3) is 0 Å². The van der Waals surface area contributed by atoms with Crippen molar-refractivity contribution in [1.82, 2.24) is 5.32 Å². The maximum absolute atomic E-state index is 12.4. The Bertz CT molecular complexity index is 1380. The molecule has 1 heterocycles. The van der Waals surface area contributed by atoms with Gasteiger partial charge in [-0.05, 0) is 53.1 Å². The number of nitrogens with one attached hydrogen (secondary N) is 1. The molecular formula is C26H18Cl3F3N2O4. The van der Waals surface area contributed by atoms with Crippen molar-refractivity contribution in [3.63, 3.8) is 0 Å². The number of halogens is 6. The van der Waals surface area contributed by atoms with Gasteiger partial charge in [-0.3, -0.25) is 10.1 Å². The highest BCUT2D eigenvalue weighted by Gasteiger charge is 2.59. The highest BCUT2D eigenvalue weighted by Crippen LogP contribution is 2.54. The Morgan fingerprint density at radius 2 is 1.37 bits per heavy atom. The van der Waals surface area contributed by atoms with Crippen LogP contribution in [0.4, 0.5) is 13.2 Å². The van der Waals surface area contributed by atoms with Gasteiger partial charge in [-0.1, -0.05) is 71.2 Å². The van der Waals surface area contributed by atoms with E-state index in [0.717, 1.165) is 5.56 Å². The summed E-state index contributed by atoms with van der Waals surface area (Å²) < 4.78 is 31.7. The van der Waals surface area contributed by atoms with Gasteiger partial charge in [-0.2, -0.15) is 18.4 Å². The molecule has 4 rings (SSSR count). The predicted molar refractivity (Wildman–Crippen MR) is 135 cm³/mol. The zero-order valence-corrected chi connectivity index (χ0v) is 21.4. The van der Waals surface area contributed by atoms with Crippen LogP contribution in [-0.4, -0.2) is 34.4 Å². The molecular weight excluding hydrogens is 568 g/mol. The van der Waals surface area contributed by atoms with Gasteiger partial charge in [-0.25, -0.2) is 4.79 Å². The van der Waals surface area contributed by atoms with E-state index in [1.54, 1.807) is 66.7 Å². The van der Waals surface area contributed by atoms with Gasteiger partial charge in [-0.15, -0.1) is 0 Å². The van der Waals surface area contributed by atoms with Crippen molar-refractivity contribution in [3.8, 4) is 6.07 Å². The SMILES string of the molecule is N#CC1(c2ccc(Cl)cc2)C(c2cccc(Cl)c2)NC(C(=O)O)C1c1cccc(Cl)c1.O=C(O)C(F)(F)F. The Balaban J connectivity index is 0.000000505. The lowest BCUT2D eigenvalue weighted by Crippen LogP contribution is -2.37. The number of hydrogen-bond donors (Lipinski definition) is 3. The minimum atomic E-state index is -5.08. The Morgan fingerprint density at radius 3 is 1.82 bits per heavy atom. The molecule has 0 bridgehead atoms. The van der Waals surface area contributed by atoms with Crippen LogP contribution >= 0.6 is 34.8 Å². The van der Waals surface area contributed by atoms with E-state index >= 15 is 0 Å². The molecule has 0 spiro atoms. The highest BCUT2D eigenvalue weighted by molar-refractivity contribution is 6.31. The standard InChI is InChI=1S/C24H17Cl3N2O2.C2HF3O2/c25-17-9-7-16(8-10-17)24(13-28)20(14-3-1-5-18(26)11-14)21(23(30)31)29-22(24)15-4-2-6-19(27)12-15;3-2(4,5)1(6)7/h1-12,20-22,29H,(H,30,31);(H,6,7). The zero-order chi connectivity index (χ0) is 28.3. The van der Waals surface area contributed by atoms with Crippen LogP contribution in [0.3, 0.4) is 0 Å². The maximum Gasteiger partial charge on any atom is 0.490 e. The van der Waals surface area contributed by atoms with Crippen molar-refractivity contribution in [3.05, 3.63) is 105 Å². The van der Waals surface area contributed by atoms with Crippen LogP contribution in [0.1, 0.15) is 28.7 Å². The first-order valence-corrected chi connectivity index (χ1v) is 11.9. The highest BCUT2D eigenvalue weighted by atomic mass is 35.5.